The van der Waals surface area contributed by atoms with Crippen molar-refractivity contribution in [1.29, 1.82) is 0 Å². The Hall–Kier alpha value is -0.980. The fraction of sp³-hybridized carbons (Fsp3) is 0.636. The SMILES string of the molecule is C#CCONC=C1CN2CCC1CC2. The lowest BCUT2D eigenvalue weighted by molar-refractivity contribution is 0.0943. The van der Waals surface area contributed by atoms with Gasteiger partial charge in [-0.25, -0.2) is 0 Å². The molecule has 3 aliphatic rings. The van der Waals surface area contributed by atoms with Crippen LogP contribution in [0.1, 0.15) is 12.8 Å². The van der Waals surface area contributed by atoms with Gasteiger partial charge in [0.1, 0.15) is 6.61 Å². The number of nitrogens with one attached hydrogen (secondary N) is 1. The molecule has 2 bridgehead atoms. The lowest BCUT2D eigenvalue weighted by atomic mass is 9.84. The first-order valence-corrected chi connectivity index (χ1v) is 5.12. The fourth-order valence-corrected chi connectivity index (χ4v) is 2.21. The van der Waals surface area contributed by atoms with E-state index in [1.807, 2.05) is 6.20 Å². The number of piperidine rings is 3. The van der Waals surface area contributed by atoms with Crippen LogP contribution in [0.25, 0.3) is 0 Å². The van der Waals surface area contributed by atoms with Crippen molar-refractivity contribution < 1.29 is 4.84 Å². The molecule has 0 atom stereocenters. The molecule has 0 aromatic rings. The predicted octanol–water partition coefficient (Wildman–Crippen LogP) is 0.750. The van der Waals surface area contributed by atoms with E-state index < -0.39 is 0 Å². The molecule has 3 aliphatic heterocycles. The van der Waals surface area contributed by atoms with Gasteiger partial charge in [0, 0.05) is 12.7 Å². The second-order valence-corrected chi connectivity index (χ2v) is 3.88. The van der Waals surface area contributed by atoms with Gasteiger partial charge in [-0.2, -0.15) is 0 Å². The van der Waals surface area contributed by atoms with Gasteiger partial charge in [0.2, 0.25) is 0 Å². The van der Waals surface area contributed by atoms with Gasteiger partial charge >= 0.3 is 0 Å². The zero-order chi connectivity index (χ0) is 9.80. The molecule has 0 radical (unpaired) electrons. The Morgan fingerprint density at radius 1 is 1.57 bits per heavy atom. The van der Waals surface area contributed by atoms with Gasteiger partial charge in [-0.3, -0.25) is 15.2 Å². The highest BCUT2D eigenvalue weighted by Gasteiger charge is 2.29. The fourth-order valence-electron chi connectivity index (χ4n) is 2.21. The van der Waals surface area contributed by atoms with Gasteiger partial charge in [-0.05, 0) is 37.4 Å². The van der Waals surface area contributed by atoms with E-state index in [1.54, 1.807) is 0 Å². The Morgan fingerprint density at radius 3 is 2.93 bits per heavy atom. The molecular weight excluding hydrogens is 176 g/mol. The molecule has 76 valence electrons. The van der Waals surface area contributed by atoms with Gasteiger partial charge in [0.25, 0.3) is 0 Å². The van der Waals surface area contributed by atoms with E-state index in [9.17, 15) is 0 Å². The summed E-state index contributed by atoms with van der Waals surface area (Å²) in [6, 6.07) is 0. The second-order valence-electron chi connectivity index (χ2n) is 3.88. The minimum absolute atomic E-state index is 0.318. The summed E-state index contributed by atoms with van der Waals surface area (Å²) < 4.78 is 0. The summed E-state index contributed by atoms with van der Waals surface area (Å²) >= 11 is 0. The number of terminal acetylenes is 1. The van der Waals surface area contributed by atoms with Crippen LogP contribution in [0.3, 0.4) is 0 Å². The van der Waals surface area contributed by atoms with Crippen molar-refractivity contribution in [2.45, 2.75) is 12.8 Å². The summed E-state index contributed by atoms with van der Waals surface area (Å²) in [6.07, 6.45) is 9.63. The van der Waals surface area contributed by atoms with E-state index in [0.29, 0.717) is 6.61 Å². The Labute approximate surface area is 85.1 Å². The van der Waals surface area contributed by atoms with Crippen LogP contribution in [0.4, 0.5) is 0 Å². The van der Waals surface area contributed by atoms with Crippen LogP contribution in [0.15, 0.2) is 11.8 Å². The lowest BCUT2D eigenvalue weighted by Crippen LogP contribution is -2.43. The number of hydrogen-bond donors (Lipinski definition) is 1. The highest BCUT2D eigenvalue weighted by Crippen LogP contribution is 2.30. The van der Waals surface area contributed by atoms with Crippen molar-refractivity contribution >= 4 is 0 Å². The first-order valence-electron chi connectivity index (χ1n) is 5.12. The third-order valence-corrected chi connectivity index (χ3v) is 3.00. The van der Waals surface area contributed by atoms with Crippen LogP contribution in [0.5, 0.6) is 0 Å². The standard InChI is InChI=1S/C11H16N2O/c1-2-7-14-12-8-11-9-13-5-3-10(11)4-6-13/h1,8,10,12H,3-7,9H2. The largest absolute Gasteiger partial charge is 0.299 e. The average Bonchev–Trinajstić information content (AvgIpc) is 2.26. The quantitative estimate of drug-likeness (QED) is 0.406. The summed E-state index contributed by atoms with van der Waals surface area (Å²) in [5.41, 5.74) is 4.27. The maximum atomic E-state index is 5.06. The summed E-state index contributed by atoms with van der Waals surface area (Å²) in [5.74, 6) is 3.18. The molecule has 0 saturated carbocycles. The molecule has 3 heteroatoms. The van der Waals surface area contributed by atoms with Crippen molar-refractivity contribution in [2.24, 2.45) is 5.92 Å². The Balaban J connectivity index is 1.83. The molecule has 0 aromatic heterocycles. The van der Waals surface area contributed by atoms with Crippen LogP contribution >= 0.6 is 0 Å². The molecular formula is C11H16N2O. The molecule has 3 nitrogen and oxygen atoms in total. The van der Waals surface area contributed by atoms with Crippen molar-refractivity contribution in [2.75, 3.05) is 26.2 Å². The minimum atomic E-state index is 0.318. The lowest BCUT2D eigenvalue weighted by Gasteiger charge is -2.40. The Kier molecular flexibility index (Phi) is 3.07. The normalized spacial score (nSPS) is 32.9. The zero-order valence-corrected chi connectivity index (χ0v) is 8.33. The molecule has 14 heavy (non-hydrogen) atoms. The second kappa shape index (κ2) is 4.50. The van der Waals surface area contributed by atoms with Crippen molar-refractivity contribution in [3.63, 3.8) is 0 Å². The first-order chi connectivity index (χ1) is 6.90. The number of hydrogen-bond acceptors (Lipinski definition) is 3. The van der Waals surface area contributed by atoms with Crippen LogP contribution in [-0.2, 0) is 4.84 Å². The molecule has 0 amide bonds. The molecule has 3 rings (SSSR count). The minimum Gasteiger partial charge on any atom is -0.299 e. The molecule has 0 spiro atoms. The van der Waals surface area contributed by atoms with E-state index in [1.165, 1.54) is 31.5 Å². The average molecular weight is 192 g/mol. The van der Waals surface area contributed by atoms with Crippen LogP contribution in [0, 0.1) is 18.3 Å². The number of fused-ring (bicyclic) bond motifs is 3. The monoisotopic (exact) mass is 192 g/mol. The number of rotatable bonds is 3. The van der Waals surface area contributed by atoms with Gasteiger partial charge in [-0.15, -0.1) is 6.42 Å². The van der Waals surface area contributed by atoms with E-state index in [4.69, 9.17) is 11.3 Å². The smallest absolute Gasteiger partial charge is 0.135 e. The zero-order valence-electron chi connectivity index (χ0n) is 8.33. The summed E-state index contributed by atoms with van der Waals surface area (Å²) in [7, 11) is 0. The summed E-state index contributed by atoms with van der Waals surface area (Å²) in [4.78, 5) is 7.49. The molecule has 0 aromatic carbocycles. The van der Waals surface area contributed by atoms with E-state index in [0.717, 1.165) is 12.5 Å². The first kappa shape index (κ1) is 9.57. The van der Waals surface area contributed by atoms with E-state index in [2.05, 4.69) is 16.3 Å². The van der Waals surface area contributed by atoms with Crippen LogP contribution in [0.2, 0.25) is 0 Å². The topological polar surface area (TPSA) is 24.5 Å². The van der Waals surface area contributed by atoms with Crippen LogP contribution < -0.4 is 5.48 Å². The third-order valence-electron chi connectivity index (χ3n) is 3.00. The molecule has 1 N–H and O–H groups in total. The molecule has 0 unspecified atom stereocenters. The van der Waals surface area contributed by atoms with E-state index in [-0.39, 0.29) is 0 Å². The Bertz CT molecular complexity index is 259. The number of hydroxylamine groups is 1. The molecule has 3 heterocycles. The van der Waals surface area contributed by atoms with Crippen molar-refractivity contribution in [3.8, 4) is 12.3 Å². The molecule has 3 fully saturated rings. The predicted molar refractivity (Wildman–Crippen MR) is 55.2 cm³/mol. The van der Waals surface area contributed by atoms with Crippen molar-refractivity contribution in [3.05, 3.63) is 11.8 Å². The highest BCUT2D eigenvalue weighted by molar-refractivity contribution is 5.13. The van der Waals surface area contributed by atoms with Gasteiger partial charge in [-0.1, -0.05) is 5.92 Å². The van der Waals surface area contributed by atoms with Crippen molar-refractivity contribution in [1.82, 2.24) is 10.4 Å². The molecule has 0 aliphatic carbocycles. The highest BCUT2D eigenvalue weighted by atomic mass is 16.6. The van der Waals surface area contributed by atoms with Gasteiger partial charge < -0.3 is 0 Å². The van der Waals surface area contributed by atoms with Gasteiger partial charge in [0.05, 0.1) is 0 Å². The summed E-state index contributed by atoms with van der Waals surface area (Å²) in [6.45, 7) is 3.93. The number of nitrogens with zero attached hydrogens (tertiary/aromatic N) is 1. The maximum Gasteiger partial charge on any atom is 0.135 e. The maximum absolute atomic E-state index is 5.06. The van der Waals surface area contributed by atoms with Gasteiger partial charge in [0.15, 0.2) is 0 Å². The van der Waals surface area contributed by atoms with Crippen LogP contribution in [-0.4, -0.2) is 31.1 Å². The summed E-state index contributed by atoms with van der Waals surface area (Å²) in [5, 5.41) is 0. The third kappa shape index (κ3) is 2.09. The Morgan fingerprint density at radius 2 is 2.36 bits per heavy atom. The molecule has 3 saturated heterocycles. The van der Waals surface area contributed by atoms with E-state index >= 15 is 0 Å².